The van der Waals surface area contributed by atoms with Crippen molar-refractivity contribution in [3.63, 3.8) is 0 Å². The summed E-state index contributed by atoms with van der Waals surface area (Å²) < 4.78 is 0. The summed E-state index contributed by atoms with van der Waals surface area (Å²) in [5.41, 5.74) is 17.1. The molecule has 0 radical (unpaired) electrons. The van der Waals surface area contributed by atoms with Crippen LogP contribution in [0.3, 0.4) is 0 Å². The highest BCUT2D eigenvalue weighted by Crippen LogP contribution is 2.64. The third kappa shape index (κ3) is 6.18. The van der Waals surface area contributed by atoms with Crippen LogP contribution in [0.1, 0.15) is 126 Å². The third-order valence-corrected chi connectivity index (χ3v) is 12.7. The number of hydrogen-bond acceptors (Lipinski definition) is 4. The van der Waals surface area contributed by atoms with Gasteiger partial charge >= 0.3 is 0 Å². The summed E-state index contributed by atoms with van der Waals surface area (Å²) in [6.45, 7) is 22.8. The molecule has 9 rings (SSSR count). The summed E-state index contributed by atoms with van der Waals surface area (Å²) in [4.78, 5) is 12.7. The minimum absolute atomic E-state index is 0.0591. The number of fused-ring (bicyclic) bond motifs is 10. The Morgan fingerprint density at radius 1 is 0.559 bits per heavy atom. The highest BCUT2D eigenvalue weighted by atomic mass is 16.3. The van der Waals surface area contributed by atoms with Gasteiger partial charge in [0.2, 0.25) is 0 Å². The first-order valence-corrected chi connectivity index (χ1v) is 21.2. The minimum atomic E-state index is -0.672. The van der Waals surface area contributed by atoms with Crippen LogP contribution in [-0.2, 0) is 16.2 Å². The van der Waals surface area contributed by atoms with Crippen molar-refractivity contribution >= 4 is 17.2 Å². The van der Waals surface area contributed by atoms with Crippen molar-refractivity contribution in [1.29, 1.82) is 0 Å². The van der Waals surface area contributed by atoms with Gasteiger partial charge in [0.15, 0.2) is 0 Å². The van der Waals surface area contributed by atoms with E-state index in [1.165, 1.54) is 44.5 Å². The summed E-state index contributed by atoms with van der Waals surface area (Å²) in [6, 6.07) is 46.3. The Morgan fingerprint density at radius 3 is 1.76 bits per heavy atom. The maximum absolute atomic E-state index is 12.0. The maximum Gasteiger partial charge on any atom is 0.138 e. The molecule has 0 atom stereocenters. The fourth-order valence-corrected chi connectivity index (χ4v) is 9.36. The molecule has 1 N–H and O–H groups in total. The number of nitrogens with zero attached hydrogens (tertiary/aromatic N) is 3. The summed E-state index contributed by atoms with van der Waals surface area (Å²) in [7, 11) is 0. The van der Waals surface area contributed by atoms with Crippen LogP contribution in [0.4, 0.5) is 17.2 Å². The summed E-state index contributed by atoms with van der Waals surface area (Å²) in [6.07, 6.45) is 1.84. The van der Waals surface area contributed by atoms with Crippen molar-refractivity contribution in [2.45, 2.75) is 97.3 Å². The molecular weight excluding hydrogens is 719 g/mol. The van der Waals surface area contributed by atoms with Crippen LogP contribution in [0, 0.1) is 0 Å². The molecular formula is C55H55N3O. The predicted octanol–water partition coefficient (Wildman–Crippen LogP) is 14.5. The van der Waals surface area contributed by atoms with Gasteiger partial charge in [0.1, 0.15) is 11.6 Å². The molecule has 4 nitrogen and oxygen atoms in total. The van der Waals surface area contributed by atoms with E-state index in [0.29, 0.717) is 11.8 Å². The molecule has 2 aromatic heterocycles. The molecule has 0 fully saturated rings. The monoisotopic (exact) mass is 773 g/mol. The lowest BCUT2D eigenvalue weighted by atomic mass is 9.69. The van der Waals surface area contributed by atoms with Crippen molar-refractivity contribution < 1.29 is 5.11 Å². The maximum atomic E-state index is 12.0. The third-order valence-electron chi connectivity index (χ3n) is 12.7. The largest absolute Gasteiger partial charge is 0.507 e. The number of rotatable bonds is 6. The Hall–Kier alpha value is -6.00. The number of benzene rings is 5. The first kappa shape index (κ1) is 38.5. The van der Waals surface area contributed by atoms with Crippen LogP contribution in [0.5, 0.6) is 5.75 Å². The normalized spacial score (nSPS) is 13.8. The Kier molecular flexibility index (Phi) is 9.01. The standard InChI is InChI=1S/C55H55N3O/c1-33(2)36-27-37(34(3)4)30-41(29-36)58(40-16-13-15-35(28-40)48-18-11-12-26-56-48)50-25-24-45-52(57-50)51-44(17-14-19-49(51)59)55(45)46-31-38(53(5,6)7)20-22-42(46)43-23-21-39(32-47(43)55)54(8,9)10/h11-34,59H,1-10H3. The number of phenolic OH excluding ortho intramolecular Hbond substituents is 1. The molecule has 0 unspecified atom stereocenters. The predicted molar refractivity (Wildman–Crippen MR) is 246 cm³/mol. The zero-order valence-corrected chi connectivity index (χ0v) is 36.1. The van der Waals surface area contributed by atoms with Gasteiger partial charge in [0.25, 0.3) is 0 Å². The van der Waals surface area contributed by atoms with E-state index in [0.717, 1.165) is 50.8 Å². The van der Waals surface area contributed by atoms with Gasteiger partial charge in [-0.15, -0.1) is 0 Å². The molecule has 2 aliphatic carbocycles. The zero-order chi connectivity index (χ0) is 41.6. The average molecular weight is 774 g/mol. The van der Waals surface area contributed by atoms with Gasteiger partial charge in [-0.1, -0.05) is 148 Å². The summed E-state index contributed by atoms with van der Waals surface area (Å²) in [5.74, 6) is 1.70. The van der Waals surface area contributed by atoms with Crippen LogP contribution < -0.4 is 4.90 Å². The lowest BCUT2D eigenvalue weighted by molar-refractivity contribution is 0.476. The Labute approximate surface area is 350 Å². The van der Waals surface area contributed by atoms with Crippen molar-refractivity contribution in [3.05, 3.63) is 178 Å². The van der Waals surface area contributed by atoms with Crippen LogP contribution in [-0.4, -0.2) is 15.1 Å². The number of pyridine rings is 2. The van der Waals surface area contributed by atoms with Gasteiger partial charge in [0, 0.05) is 28.7 Å². The molecule has 7 aromatic rings. The Morgan fingerprint density at radius 2 is 1.19 bits per heavy atom. The first-order valence-electron chi connectivity index (χ1n) is 21.2. The Bertz CT molecular complexity index is 2670. The van der Waals surface area contributed by atoms with E-state index in [-0.39, 0.29) is 16.6 Å². The highest BCUT2D eigenvalue weighted by molar-refractivity contribution is 5.96. The Balaban J connectivity index is 1.35. The van der Waals surface area contributed by atoms with Gasteiger partial charge in [-0.25, -0.2) is 4.98 Å². The van der Waals surface area contributed by atoms with E-state index in [1.807, 2.05) is 30.5 Å². The van der Waals surface area contributed by atoms with Crippen LogP contribution in [0.15, 0.2) is 134 Å². The fourth-order valence-electron chi connectivity index (χ4n) is 9.36. The van der Waals surface area contributed by atoms with Crippen LogP contribution in [0.25, 0.3) is 33.6 Å². The van der Waals surface area contributed by atoms with Gasteiger partial charge in [-0.2, -0.15) is 0 Å². The number of anilines is 3. The highest BCUT2D eigenvalue weighted by Gasteiger charge is 2.54. The zero-order valence-electron chi connectivity index (χ0n) is 36.1. The second-order valence-corrected chi connectivity index (χ2v) is 19.3. The number of aromatic nitrogens is 2. The second kappa shape index (κ2) is 13.8. The number of hydrogen-bond donors (Lipinski definition) is 1. The molecule has 2 aliphatic rings. The van der Waals surface area contributed by atoms with Crippen LogP contribution in [0.2, 0.25) is 0 Å². The topological polar surface area (TPSA) is 49.2 Å². The summed E-state index contributed by atoms with van der Waals surface area (Å²) in [5, 5.41) is 12.0. The minimum Gasteiger partial charge on any atom is -0.507 e. The van der Waals surface area contributed by atoms with Gasteiger partial charge < -0.3 is 5.11 Å². The summed E-state index contributed by atoms with van der Waals surface area (Å²) >= 11 is 0. The number of phenols is 1. The molecule has 59 heavy (non-hydrogen) atoms. The van der Waals surface area contributed by atoms with Crippen molar-refractivity contribution in [2.75, 3.05) is 4.90 Å². The van der Waals surface area contributed by atoms with Gasteiger partial charge in [-0.05, 0) is 127 Å². The lowest BCUT2D eigenvalue weighted by Gasteiger charge is -2.33. The fraction of sp³-hybridized carbons (Fsp3) is 0.273. The quantitative estimate of drug-likeness (QED) is 0.183. The molecule has 5 aromatic carbocycles. The van der Waals surface area contributed by atoms with Gasteiger partial charge in [-0.3, -0.25) is 9.88 Å². The smallest absolute Gasteiger partial charge is 0.138 e. The van der Waals surface area contributed by atoms with E-state index in [9.17, 15) is 5.11 Å². The molecule has 0 saturated carbocycles. The molecule has 0 aliphatic heterocycles. The molecule has 1 spiro atoms. The van der Waals surface area contributed by atoms with Crippen molar-refractivity contribution in [2.24, 2.45) is 0 Å². The molecule has 0 bridgehead atoms. The SMILES string of the molecule is CC(C)c1cc(C(C)C)cc(N(c2cccc(-c3ccccn3)c2)c2ccc3c(n2)-c2c(O)cccc2C32c3cc(C(C)(C)C)ccc3-c3ccc(C(C)(C)C)cc32)c1. The molecule has 296 valence electrons. The van der Waals surface area contributed by atoms with Crippen molar-refractivity contribution in [1.82, 2.24) is 9.97 Å². The van der Waals surface area contributed by atoms with E-state index in [1.54, 1.807) is 0 Å². The second-order valence-electron chi connectivity index (χ2n) is 19.3. The first-order chi connectivity index (χ1) is 28.1. The molecule has 4 heteroatoms. The average Bonchev–Trinajstić information content (AvgIpc) is 3.67. The van der Waals surface area contributed by atoms with E-state index in [4.69, 9.17) is 9.97 Å². The molecule has 2 heterocycles. The van der Waals surface area contributed by atoms with E-state index < -0.39 is 5.41 Å². The van der Waals surface area contributed by atoms with Gasteiger partial charge in [0.05, 0.1) is 16.8 Å². The molecule has 0 amide bonds. The van der Waals surface area contributed by atoms with Crippen molar-refractivity contribution in [3.8, 4) is 39.4 Å². The number of aromatic hydroxyl groups is 1. The van der Waals surface area contributed by atoms with Crippen LogP contribution >= 0.6 is 0 Å². The molecule has 0 saturated heterocycles. The lowest BCUT2D eigenvalue weighted by Crippen LogP contribution is -2.27. The van der Waals surface area contributed by atoms with E-state index in [2.05, 4.69) is 177 Å². The van der Waals surface area contributed by atoms with E-state index >= 15 is 0 Å².